The molecule has 3 aliphatic heterocycles. The monoisotopic (exact) mass is 749 g/mol. The van der Waals surface area contributed by atoms with E-state index in [4.69, 9.17) is 14.5 Å². The molecule has 4 fully saturated rings. The first kappa shape index (κ1) is 36.7. The maximum atomic E-state index is 17.7. The second kappa shape index (κ2) is 14.1. The first-order valence-corrected chi connectivity index (χ1v) is 19.1. The molecule has 3 unspecified atom stereocenters. The Labute approximate surface area is 318 Å². The number of nitriles is 1. The number of pyridine rings is 1. The van der Waals surface area contributed by atoms with Crippen LogP contribution in [0.25, 0.3) is 43.7 Å². The normalized spacial score (nSPS) is 21.0. The molecule has 1 amide bonds. The van der Waals surface area contributed by atoms with Gasteiger partial charge in [0, 0.05) is 41.6 Å². The van der Waals surface area contributed by atoms with Crippen molar-refractivity contribution in [3.05, 3.63) is 71.4 Å². The highest BCUT2D eigenvalue weighted by molar-refractivity contribution is 6.10. The fraction of sp³-hybridized carbons (Fsp3) is 0.442. The molecule has 9 rings (SSSR count). The Bertz CT molecular complexity index is 2400. The van der Waals surface area contributed by atoms with Crippen LogP contribution in [0, 0.1) is 28.9 Å². The molecule has 3 aromatic carbocycles. The maximum Gasteiger partial charge on any atom is 0.410 e. The average molecular weight is 750 g/mol. The Hall–Kier alpha value is -5.28. The number of carboxylic acids is 1. The number of aromatic nitrogens is 2. The molecule has 12 heteroatoms. The number of fused-ring (bicyclic) bond motifs is 5. The molecule has 3 saturated heterocycles. The Kier molecular flexibility index (Phi) is 9.40. The minimum Gasteiger partial charge on any atom is -0.481 e. The molecular weight excluding hydrogens is 704 g/mol. The van der Waals surface area contributed by atoms with E-state index >= 15 is 4.39 Å². The number of carboxylic acid groups (broad SMARTS) is 1. The number of rotatable bonds is 10. The number of carbonyl (C=O) groups excluding carboxylic acids is 1. The van der Waals surface area contributed by atoms with E-state index in [9.17, 15) is 24.3 Å². The van der Waals surface area contributed by atoms with E-state index < -0.39 is 29.3 Å². The van der Waals surface area contributed by atoms with Gasteiger partial charge in [0.05, 0.1) is 35.5 Å². The topological polar surface area (TPSA) is 121 Å². The molecule has 1 N–H and O–H groups in total. The van der Waals surface area contributed by atoms with Gasteiger partial charge in [-0.3, -0.25) is 4.79 Å². The van der Waals surface area contributed by atoms with Crippen LogP contribution < -0.4 is 4.74 Å². The number of halogens is 2. The molecule has 0 spiro atoms. The zero-order valence-electron chi connectivity index (χ0n) is 31.6. The number of likely N-dealkylation sites (N-methyl/N-ethyl adjacent to an activating group) is 1. The van der Waals surface area contributed by atoms with E-state index in [1.165, 1.54) is 12.1 Å². The van der Waals surface area contributed by atoms with Crippen molar-refractivity contribution in [2.45, 2.75) is 89.4 Å². The molecule has 55 heavy (non-hydrogen) atoms. The summed E-state index contributed by atoms with van der Waals surface area (Å²) in [6.07, 6.45) is 2.75. The largest absolute Gasteiger partial charge is 0.481 e. The second-order valence-electron chi connectivity index (χ2n) is 16.3. The maximum absolute atomic E-state index is 17.7. The number of aliphatic carboxylic acids is 1. The van der Waals surface area contributed by atoms with E-state index in [1.54, 1.807) is 23.1 Å². The summed E-state index contributed by atoms with van der Waals surface area (Å²) >= 11 is 0. The smallest absolute Gasteiger partial charge is 0.410 e. The van der Waals surface area contributed by atoms with Crippen LogP contribution in [0.1, 0.15) is 70.2 Å². The van der Waals surface area contributed by atoms with Gasteiger partial charge in [-0.25, -0.2) is 18.6 Å². The summed E-state index contributed by atoms with van der Waals surface area (Å²) in [5, 5.41) is 21.9. The highest BCUT2D eigenvalue weighted by Gasteiger charge is 2.56. The van der Waals surface area contributed by atoms with Crippen LogP contribution in [0.3, 0.4) is 0 Å². The number of likely N-dealkylation sites (tertiary alicyclic amines) is 1. The van der Waals surface area contributed by atoms with Crippen molar-refractivity contribution in [2.75, 3.05) is 26.7 Å². The molecule has 0 radical (unpaired) electrons. The molecule has 2 bridgehead atoms. The van der Waals surface area contributed by atoms with Gasteiger partial charge < -0.3 is 28.9 Å². The third kappa shape index (κ3) is 6.62. The van der Waals surface area contributed by atoms with Gasteiger partial charge in [0.1, 0.15) is 23.5 Å². The SMILES string of the molecule is CN1CCC[C@H]1COc1nc2c(F)c(-c3cccc4ccc(F)cc34)c(CCC#N)cc2c2c1cc(CCC(=O)O)n2C1C2CC1N(C(=O)OC(C)(C)C)C2. The average Bonchev–Trinajstić information content (AvgIpc) is 3.92. The van der Waals surface area contributed by atoms with Gasteiger partial charge in [-0.2, -0.15) is 5.26 Å². The highest BCUT2D eigenvalue weighted by atomic mass is 19.1. The number of carbonyl (C=O) groups is 2. The fourth-order valence-electron chi connectivity index (χ4n) is 9.05. The van der Waals surface area contributed by atoms with Crippen molar-refractivity contribution < 1.29 is 33.0 Å². The van der Waals surface area contributed by atoms with Gasteiger partial charge in [0.15, 0.2) is 5.82 Å². The van der Waals surface area contributed by atoms with Crippen molar-refractivity contribution in [3.8, 4) is 23.1 Å². The lowest BCUT2D eigenvalue weighted by atomic mass is 9.79. The van der Waals surface area contributed by atoms with Gasteiger partial charge in [-0.05, 0) is 113 Å². The Morgan fingerprint density at radius 1 is 1.07 bits per heavy atom. The van der Waals surface area contributed by atoms with Crippen LogP contribution >= 0.6 is 0 Å². The molecule has 2 aromatic heterocycles. The van der Waals surface area contributed by atoms with Crippen molar-refractivity contribution in [3.63, 3.8) is 0 Å². The number of ether oxygens (including phenoxy) is 2. The lowest BCUT2D eigenvalue weighted by molar-refractivity contribution is -0.137. The fourth-order valence-corrected chi connectivity index (χ4v) is 9.05. The zero-order valence-corrected chi connectivity index (χ0v) is 31.6. The summed E-state index contributed by atoms with van der Waals surface area (Å²) in [7, 11) is 2.05. The summed E-state index contributed by atoms with van der Waals surface area (Å²) in [4.78, 5) is 34.3. The minimum absolute atomic E-state index is 0.0594. The number of benzene rings is 3. The van der Waals surface area contributed by atoms with Gasteiger partial charge in [-0.1, -0.05) is 24.3 Å². The molecule has 1 saturated carbocycles. The van der Waals surface area contributed by atoms with E-state index in [1.807, 2.05) is 39.0 Å². The van der Waals surface area contributed by atoms with Crippen LogP contribution in [-0.4, -0.2) is 80.9 Å². The lowest BCUT2D eigenvalue weighted by Gasteiger charge is -2.39. The summed E-state index contributed by atoms with van der Waals surface area (Å²) in [6, 6.07) is 15.6. The number of amides is 1. The summed E-state index contributed by atoms with van der Waals surface area (Å²) in [5.41, 5.74) is 2.07. The standard InChI is InChI=1S/C43H45F2N5O5/c1-43(2,3)55-42(53)49-22-26-19-34(49)39(26)50-28(14-15-35(51)52)21-33-40(50)32-18-25(9-6-16-46)36(30-11-5-8-24-12-13-27(44)20-31(24)30)37(45)38(32)47-41(33)54-23-29-10-7-17-48(29)4/h5,8,11-13,18,20-21,26,29,34,39H,6-7,9-10,14-15,17,19,22-23H2,1-4H3,(H,51,52)/t26?,29-,34?,39?/m0/s1. The summed E-state index contributed by atoms with van der Waals surface area (Å²) in [5.74, 6) is -1.71. The second-order valence-corrected chi connectivity index (χ2v) is 16.3. The number of hydrogen-bond donors (Lipinski definition) is 1. The van der Waals surface area contributed by atoms with Crippen LogP contribution in [-0.2, 0) is 22.4 Å². The van der Waals surface area contributed by atoms with Crippen LogP contribution in [0.5, 0.6) is 5.88 Å². The molecular formula is C43H45F2N5O5. The van der Waals surface area contributed by atoms with Crippen molar-refractivity contribution in [2.24, 2.45) is 5.92 Å². The van der Waals surface area contributed by atoms with Crippen LogP contribution in [0.4, 0.5) is 13.6 Å². The summed E-state index contributed by atoms with van der Waals surface area (Å²) < 4.78 is 46.9. The molecule has 286 valence electrons. The van der Waals surface area contributed by atoms with Crippen molar-refractivity contribution in [1.29, 1.82) is 5.26 Å². The van der Waals surface area contributed by atoms with Crippen molar-refractivity contribution >= 4 is 44.6 Å². The third-order valence-corrected chi connectivity index (χ3v) is 11.6. The summed E-state index contributed by atoms with van der Waals surface area (Å²) in [6.45, 7) is 7.25. The quantitative estimate of drug-likeness (QED) is 0.151. The molecule has 4 aliphatic rings. The Morgan fingerprint density at radius 3 is 2.62 bits per heavy atom. The van der Waals surface area contributed by atoms with Gasteiger partial charge in [0.2, 0.25) is 5.88 Å². The van der Waals surface area contributed by atoms with Gasteiger partial charge in [0.25, 0.3) is 0 Å². The van der Waals surface area contributed by atoms with E-state index in [0.29, 0.717) is 46.0 Å². The highest BCUT2D eigenvalue weighted by Crippen LogP contribution is 2.53. The molecule has 10 nitrogen and oxygen atoms in total. The predicted molar refractivity (Wildman–Crippen MR) is 205 cm³/mol. The molecule has 4 atom stereocenters. The first-order chi connectivity index (χ1) is 26.3. The van der Waals surface area contributed by atoms with Crippen LogP contribution in [0.15, 0.2) is 48.5 Å². The predicted octanol–water partition coefficient (Wildman–Crippen LogP) is 8.41. The molecule has 1 aliphatic carbocycles. The third-order valence-electron chi connectivity index (χ3n) is 11.6. The first-order valence-electron chi connectivity index (χ1n) is 19.1. The van der Waals surface area contributed by atoms with Gasteiger partial charge in [-0.15, -0.1) is 0 Å². The number of nitrogens with zero attached hydrogens (tertiary/aromatic N) is 5. The Morgan fingerprint density at radius 2 is 1.89 bits per heavy atom. The zero-order chi connectivity index (χ0) is 38.8. The van der Waals surface area contributed by atoms with E-state index in [0.717, 1.165) is 36.9 Å². The van der Waals surface area contributed by atoms with Gasteiger partial charge >= 0.3 is 12.1 Å². The van der Waals surface area contributed by atoms with Crippen LogP contribution in [0.2, 0.25) is 0 Å². The lowest BCUT2D eigenvalue weighted by Crippen LogP contribution is -2.44. The number of hydrogen-bond acceptors (Lipinski definition) is 7. The van der Waals surface area contributed by atoms with E-state index in [2.05, 4.69) is 22.6 Å². The molecule has 5 heterocycles. The van der Waals surface area contributed by atoms with Crippen molar-refractivity contribution in [1.82, 2.24) is 19.4 Å². The Balaban J connectivity index is 1.38. The minimum atomic E-state index is -0.950. The number of aryl methyl sites for hydroxylation is 2. The van der Waals surface area contributed by atoms with E-state index in [-0.39, 0.29) is 66.7 Å². The molecule has 5 aromatic rings.